The average molecular weight is 467 g/mol. The highest BCUT2D eigenvalue weighted by Crippen LogP contribution is 2.60. The third kappa shape index (κ3) is 3.09. The molecule has 0 unspecified atom stereocenters. The maximum atomic E-state index is 13.2. The molecule has 8 heteroatoms. The first kappa shape index (κ1) is 17.9. The summed E-state index contributed by atoms with van der Waals surface area (Å²) >= 11 is 9.78. The van der Waals surface area contributed by atoms with E-state index in [1.54, 1.807) is 18.2 Å². The van der Waals surface area contributed by atoms with E-state index in [0.717, 1.165) is 19.3 Å². The highest BCUT2D eigenvalue weighted by molar-refractivity contribution is 9.10. The van der Waals surface area contributed by atoms with Crippen LogP contribution in [0.25, 0.3) is 6.08 Å². The molecular formula is C19H19BrN2O3S2. The fourth-order valence-corrected chi connectivity index (χ4v) is 7.19. The fraction of sp³-hybridized carbons (Fsp3) is 0.526. The Bertz CT molecular complexity index is 843. The maximum Gasteiger partial charge on any atom is 0.285 e. The lowest BCUT2D eigenvalue weighted by molar-refractivity contribution is -0.152. The summed E-state index contributed by atoms with van der Waals surface area (Å²) < 4.78 is 6.39. The lowest BCUT2D eigenvalue weighted by Gasteiger charge is -2.55. The minimum absolute atomic E-state index is 0.0279. The number of nitrogens with one attached hydrogen (secondary N) is 1. The van der Waals surface area contributed by atoms with Crippen molar-refractivity contribution in [3.8, 4) is 0 Å². The molecule has 2 amide bonds. The Morgan fingerprint density at radius 2 is 1.89 bits per heavy atom. The molecule has 1 aliphatic heterocycles. The number of carbonyl (C=O) groups excluding carboxylic acids is 2. The Balaban J connectivity index is 1.33. The topological polar surface area (TPSA) is 62.6 Å². The maximum absolute atomic E-state index is 13.2. The van der Waals surface area contributed by atoms with E-state index in [2.05, 4.69) is 21.4 Å². The van der Waals surface area contributed by atoms with Crippen molar-refractivity contribution in [2.45, 2.75) is 38.5 Å². The van der Waals surface area contributed by atoms with Crippen LogP contribution in [0.15, 0.2) is 26.1 Å². The monoisotopic (exact) mass is 466 g/mol. The zero-order valence-corrected chi connectivity index (χ0v) is 17.8. The van der Waals surface area contributed by atoms with Crippen molar-refractivity contribution >= 4 is 62.1 Å². The molecule has 2 heterocycles. The molecule has 4 saturated carbocycles. The summed E-state index contributed by atoms with van der Waals surface area (Å²) in [5.74, 6) is 2.26. The number of hydrogen-bond acceptors (Lipinski definition) is 5. The Morgan fingerprint density at radius 3 is 2.44 bits per heavy atom. The summed E-state index contributed by atoms with van der Waals surface area (Å²) in [7, 11) is 0. The molecule has 5 nitrogen and oxygen atoms in total. The van der Waals surface area contributed by atoms with E-state index in [-0.39, 0.29) is 17.2 Å². The summed E-state index contributed by atoms with van der Waals surface area (Å²) in [6, 6.07) is 3.53. The predicted molar refractivity (Wildman–Crippen MR) is 110 cm³/mol. The van der Waals surface area contributed by atoms with Gasteiger partial charge in [-0.25, -0.2) is 0 Å². The van der Waals surface area contributed by atoms with Crippen LogP contribution in [-0.2, 0) is 9.59 Å². The molecule has 1 saturated heterocycles. The minimum Gasteiger partial charge on any atom is -0.450 e. The van der Waals surface area contributed by atoms with Crippen molar-refractivity contribution in [2.75, 3.05) is 0 Å². The van der Waals surface area contributed by atoms with Crippen LogP contribution in [0.2, 0.25) is 0 Å². The first-order chi connectivity index (χ1) is 12.9. The molecule has 6 rings (SSSR count). The molecule has 5 aliphatic rings. The second-order valence-corrected chi connectivity index (χ2v) is 10.8. The number of hydrogen-bond donors (Lipinski definition) is 1. The van der Waals surface area contributed by atoms with Crippen LogP contribution in [0, 0.1) is 23.2 Å². The summed E-state index contributed by atoms with van der Waals surface area (Å²) in [5.41, 5.74) is 2.55. The van der Waals surface area contributed by atoms with Crippen molar-refractivity contribution in [3.63, 3.8) is 0 Å². The van der Waals surface area contributed by atoms with Gasteiger partial charge in [0.25, 0.3) is 5.91 Å². The quantitative estimate of drug-likeness (QED) is 0.524. The lowest BCUT2D eigenvalue weighted by Crippen LogP contribution is -2.57. The number of amides is 2. The first-order valence-corrected chi connectivity index (χ1v) is 11.3. The third-order valence-electron chi connectivity index (χ3n) is 6.39. The van der Waals surface area contributed by atoms with E-state index in [9.17, 15) is 9.59 Å². The molecule has 1 aromatic rings. The van der Waals surface area contributed by atoms with Crippen molar-refractivity contribution in [1.82, 2.24) is 10.4 Å². The number of nitrogens with zero attached hydrogens (tertiary/aromatic N) is 1. The van der Waals surface area contributed by atoms with Gasteiger partial charge in [0.1, 0.15) is 5.76 Å². The second kappa shape index (κ2) is 6.46. The Hall–Kier alpha value is -1.12. The van der Waals surface area contributed by atoms with Crippen LogP contribution < -0.4 is 5.43 Å². The van der Waals surface area contributed by atoms with E-state index < -0.39 is 0 Å². The van der Waals surface area contributed by atoms with Crippen LogP contribution >= 0.6 is 39.9 Å². The van der Waals surface area contributed by atoms with E-state index in [1.807, 2.05) is 0 Å². The zero-order valence-electron chi connectivity index (χ0n) is 14.6. The van der Waals surface area contributed by atoms with Gasteiger partial charge in [-0.1, -0.05) is 11.8 Å². The van der Waals surface area contributed by atoms with Gasteiger partial charge in [0.2, 0.25) is 5.91 Å². The fourth-order valence-electron chi connectivity index (χ4n) is 5.71. The van der Waals surface area contributed by atoms with Crippen LogP contribution in [0.1, 0.15) is 44.3 Å². The molecule has 0 atom stereocenters. The zero-order chi connectivity index (χ0) is 18.8. The average Bonchev–Trinajstić information content (AvgIpc) is 3.12. The van der Waals surface area contributed by atoms with Gasteiger partial charge >= 0.3 is 0 Å². The standard InChI is InChI=1S/C19H19BrN2O3S2/c20-15-2-1-13(25-15)6-14-16(23)22(18(26)27-14)21-17(24)19-7-10-3-11(8-19)5-12(4-10)9-19/h1-2,6,10-12H,3-5,7-9H2,(H,21,24)/b14-6+. The number of halogens is 1. The second-order valence-electron chi connectivity index (χ2n) is 8.30. The number of carbonyl (C=O) groups is 2. The lowest BCUT2D eigenvalue weighted by atomic mass is 9.49. The van der Waals surface area contributed by atoms with Crippen molar-refractivity contribution in [3.05, 3.63) is 27.5 Å². The Morgan fingerprint density at radius 1 is 1.26 bits per heavy atom. The molecule has 4 aliphatic carbocycles. The summed E-state index contributed by atoms with van der Waals surface area (Å²) in [6.07, 6.45) is 8.34. The van der Waals surface area contributed by atoms with Crippen molar-refractivity contribution < 1.29 is 14.0 Å². The normalized spacial score (nSPS) is 36.1. The van der Waals surface area contributed by atoms with Crippen LogP contribution in [0.4, 0.5) is 0 Å². The van der Waals surface area contributed by atoms with Gasteiger partial charge in [0.15, 0.2) is 8.99 Å². The molecule has 0 spiro atoms. The van der Waals surface area contributed by atoms with Gasteiger partial charge in [-0.2, -0.15) is 5.01 Å². The number of thioether (sulfide) groups is 1. The van der Waals surface area contributed by atoms with Gasteiger partial charge in [0, 0.05) is 6.08 Å². The summed E-state index contributed by atoms with van der Waals surface area (Å²) in [4.78, 5) is 26.4. The smallest absolute Gasteiger partial charge is 0.285 e. The molecule has 0 aromatic carbocycles. The third-order valence-corrected chi connectivity index (χ3v) is 8.12. The summed E-state index contributed by atoms with van der Waals surface area (Å²) in [5, 5.41) is 1.24. The van der Waals surface area contributed by atoms with Gasteiger partial charge < -0.3 is 4.42 Å². The summed E-state index contributed by atoms with van der Waals surface area (Å²) in [6.45, 7) is 0. The molecular weight excluding hydrogens is 448 g/mol. The molecule has 4 bridgehead atoms. The van der Waals surface area contributed by atoms with Gasteiger partial charge in [-0.15, -0.1) is 0 Å². The number of hydrazine groups is 1. The van der Waals surface area contributed by atoms with Crippen LogP contribution in [-0.4, -0.2) is 21.1 Å². The number of rotatable bonds is 3. The predicted octanol–water partition coefficient (Wildman–Crippen LogP) is 4.49. The van der Waals surface area contributed by atoms with Crippen LogP contribution in [0.5, 0.6) is 0 Å². The van der Waals surface area contributed by atoms with Crippen LogP contribution in [0.3, 0.4) is 0 Å². The van der Waals surface area contributed by atoms with E-state index in [0.29, 0.717) is 37.4 Å². The van der Waals surface area contributed by atoms with E-state index in [4.69, 9.17) is 16.6 Å². The van der Waals surface area contributed by atoms with Gasteiger partial charge in [-0.05, 0) is 96.6 Å². The van der Waals surface area contributed by atoms with Crippen molar-refractivity contribution in [1.29, 1.82) is 0 Å². The van der Waals surface area contributed by atoms with Gasteiger partial charge in [0.05, 0.1) is 10.3 Å². The van der Waals surface area contributed by atoms with Crippen molar-refractivity contribution in [2.24, 2.45) is 23.2 Å². The molecule has 142 valence electrons. The highest BCUT2D eigenvalue weighted by atomic mass is 79.9. The highest BCUT2D eigenvalue weighted by Gasteiger charge is 2.55. The SMILES string of the molecule is O=C1/C(=C\c2ccc(Br)o2)SC(=S)N1NC(=O)C12CC3CC(CC(C3)C1)C2. The van der Waals surface area contributed by atoms with E-state index >= 15 is 0 Å². The molecule has 0 radical (unpaired) electrons. The Kier molecular flexibility index (Phi) is 4.29. The largest absolute Gasteiger partial charge is 0.450 e. The Labute approximate surface area is 175 Å². The molecule has 27 heavy (non-hydrogen) atoms. The molecule has 5 fully saturated rings. The first-order valence-electron chi connectivity index (χ1n) is 9.26. The molecule has 1 aromatic heterocycles. The number of furan rings is 1. The number of thiocarbonyl (C=S) groups is 1. The minimum atomic E-state index is -0.312. The van der Waals surface area contributed by atoms with E-state index in [1.165, 1.54) is 36.0 Å². The van der Waals surface area contributed by atoms with Gasteiger partial charge in [-0.3, -0.25) is 15.0 Å². The molecule has 1 N–H and O–H groups in total.